The molecule has 180 valence electrons. The van der Waals surface area contributed by atoms with E-state index in [-0.39, 0.29) is 0 Å². The molecule has 1 rings (SSSR count). The first-order chi connectivity index (χ1) is 14.8. The topological polar surface area (TPSA) is 141 Å². The van der Waals surface area contributed by atoms with Gasteiger partial charge in [0.05, 0.1) is 0 Å². The van der Waals surface area contributed by atoms with Crippen LogP contribution < -0.4 is 43.8 Å². The van der Waals surface area contributed by atoms with Crippen molar-refractivity contribution in [3.8, 4) is 0 Å². The van der Waals surface area contributed by atoms with E-state index in [1.165, 1.54) is 19.3 Å². The molecule has 11 N–H and O–H groups in total. The molecular weight excluding hydrogens is 378 g/mol. The van der Waals surface area contributed by atoms with Crippen molar-refractivity contribution in [1.29, 1.82) is 0 Å². The van der Waals surface area contributed by atoms with E-state index in [9.17, 15) is 0 Å². The summed E-state index contributed by atoms with van der Waals surface area (Å²) in [6.07, 6.45) is 4.04. The maximum atomic E-state index is 5.78. The summed E-state index contributed by atoms with van der Waals surface area (Å²) < 4.78 is 0. The molecule has 0 saturated heterocycles. The number of nitrogens with zero attached hydrogens (tertiary/aromatic N) is 1. The lowest BCUT2D eigenvalue weighted by Crippen LogP contribution is -2.41. The molecule has 9 nitrogen and oxygen atoms in total. The fourth-order valence-electron chi connectivity index (χ4n) is 3.77. The fourth-order valence-corrected chi connectivity index (χ4v) is 3.77. The summed E-state index contributed by atoms with van der Waals surface area (Å²) in [7, 11) is 0. The van der Waals surface area contributed by atoms with Crippen molar-refractivity contribution >= 4 is 0 Å². The summed E-state index contributed by atoms with van der Waals surface area (Å²) in [5.41, 5.74) is 16.7. The van der Waals surface area contributed by atoms with E-state index >= 15 is 0 Å². The van der Waals surface area contributed by atoms with Crippen LogP contribution >= 0.6 is 0 Å². The SMILES string of the molecule is NCCNCCNCCNCCN(CCN)CCNCCC1CC1CCNCCN. The second-order valence-corrected chi connectivity index (χ2v) is 8.29. The Morgan fingerprint density at radius 2 is 0.933 bits per heavy atom. The first kappa shape index (κ1) is 27.7. The molecule has 0 bridgehead atoms. The van der Waals surface area contributed by atoms with E-state index in [1.807, 2.05) is 0 Å². The largest absolute Gasteiger partial charge is 0.329 e. The van der Waals surface area contributed by atoms with E-state index in [0.717, 1.165) is 110 Å². The van der Waals surface area contributed by atoms with E-state index in [1.54, 1.807) is 0 Å². The van der Waals surface area contributed by atoms with Gasteiger partial charge in [0.2, 0.25) is 0 Å². The van der Waals surface area contributed by atoms with Crippen LogP contribution in [0.3, 0.4) is 0 Å². The van der Waals surface area contributed by atoms with Crippen LogP contribution in [-0.2, 0) is 0 Å². The van der Waals surface area contributed by atoms with Gasteiger partial charge >= 0.3 is 0 Å². The van der Waals surface area contributed by atoms with Gasteiger partial charge in [-0.1, -0.05) is 0 Å². The van der Waals surface area contributed by atoms with Crippen molar-refractivity contribution in [1.82, 2.24) is 31.5 Å². The van der Waals surface area contributed by atoms with Crippen LogP contribution in [0.25, 0.3) is 0 Å². The molecule has 0 spiro atoms. The lowest BCUT2D eigenvalue weighted by molar-refractivity contribution is 0.279. The predicted molar refractivity (Wildman–Crippen MR) is 129 cm³/mol. The molecule has 0 amide bonds. The highest BCUT2D eigenvalue weighted by Gasteiger charge is 2.35. The fraction of sp³-hybridized carbons (Fsp3) is 1.00. The summed E-state index contributed by atoms with van der Waals surface area (Å²) in [5.74, 6) is 1.88. The molecule has 2 unspecified atom stereocenters. The van der Waals surface area contributed by atoms with E-state index < -0.39 is 0 Å². The summed E-state index contributed by atoms with van der Waals surface area (Å²) in [4.78, 5) is 2.45. The van der Waals surface area contributed by atoms with Gasteiger partial charge in [-0.15, -0.1) is 0 Å². The Morgan fingerprint density at radius 1 is 0.500 bits per heavy atom. The van der Waals surface area contributed by atoms with Crippen molar-refractivity contribution in [3.63, 3.8) is 0 Å². The third-order valence-electron chi connectivity index (χ3n) is 5.71. The van der Waals surface area contributed by atoms with Gasteiger partial charge in [0.25, 0.3) is 0 Å². The number of nitrogens with one attached hydrogen (secondary N) is 5. The smallest absolute Gasteiger partial charge is 0.0108 e. The van der Waals surface area contributed by atoms with Crippen molar-refractivity contribution in [2.75, 3.05) is 105 Å². The van der Waals surface area contributed by atoms with E-state index in [2.05, 4.69) is 31.5 Å². The van der Waals surface area contributed by atoms with Gasteiger partial charge < -0.3 is 43.8 Å². The van der Waals surface area contributed by atoms with Crippen LogP contribution in [0.5, 0.6) is 0 Å². The molecule has 0 heterocycles. The second-order valence-electron chi connectivity index (χ2n) is 8.29. The number of rotatable bonds is 24. The van der Waals surface area contributed by atoms with E-state index in [4.69, 9.17) is 17.2 Å². The first-order valence-electron chi connectivity index (χ1n) is 12.2. The minimum atomic E-state index is 0.700. The molecule has 1 aliphatic rings. The second kappa shape index (κ2) is 20.5. The zero-order chi connectivity index (χ0) is 21.7. The molecule has 0 aliphatic heterocycles. The quantitative estimate of drug-likeness (QED) is 0.0783. The van der Waals surface area contributed by atoms with Gasteiger partial charge in [0, 0.05) is 91.6 Å². The number of hydrogen-bond donors (Lipinski definition) is 8. The summed E-state index contributed by atoms with van der Waals surface area (Å²) >= 11 is 0. The standard InChI is InChI=1S/C21H51N9/c22-3-8-25-6-1-20-19-21(20)2-7-26-14-17-30(16-5-24)18-15-29-13-12-28-11-10-27-9-4-23/h20-21,25-29H,1-19,22-24H2. The zero-order valence-corrected chi connectivity index (χ0v) is 19.3. The highest BCUT2D eigenvalue weighted by atomic mass is 15.2. The normalized spacial score (nSPS) is 18.4. The van der Waals surface area contributed by atoms with Gasteiger partial charge in [-0.3, -0.25) is 4.90 Å². The maximum Gasteiger partial charge on any atom is 0.0108 e. The Hall–Kier alpha value is -0.360. The van der Waals surface area contributed by atoms with Crippen molar-refractivity contribution < 1.29 is 0 Å². The summed E-state index contributed by atoms with van der Waals surface area (Å²) in [5, 5.41) is 17.2. The van der Waals surface area contributed by atoms with Crippen LogP contribution in [0.1, 0.15) is 19.3 Å². The van der Waals surface area contributed by atoms with Crippen LogP contribution in [-0.4, -0.2) is 110 Å². The minimum absolute atomic E-state index is 0.700. The summed E-state index contributed by atoms with van der Waals surface area (Å²) in [6, 6.07) is 0. The van der Waals surface area contributed by atoms with Crippen molar-refractivity contribution in [2.45, 2.75) is 19.3 Å². The highest BCUT2D eigenvalue weighted by Crippen LogP contribution is 2.43. The third-order valence-corrected chi connectivity index (χ3v) is 5.71. The monoisotopic (exact) mass is 429 g/mol. The van der Waals surface area contributed by atoms with Crippen LogP contribution in [0, 0.1) is 11.8 Å². The lowest BCUT2D eigenvalue weighted by Gasteiger charge is -2.22. The molecule has 2 atom stereocenters. The first-order valence-corrected chi connectivity index (χ1v) is 12.2. The molecule has 1 aliphatic carbocycles. The maximum absolute atomic E-state index is 5.78. The molecule has 0 radical (unpaired) electrons. The van der Waals surface area contributed by atoms with Crippen LogP contribution in [0.15, 0.2) is 0 Å². The molecule has 1 saturated carbocycles. The Labute approximate surface area is 185 Å². The van der Waals surface area contributed by atoms with E-state index in [0.29, 0.717) is 6.54 Å². The van der Waals surface area contributed by atoms with Crippen LogP contribution in [0.4, 0.5) is 0 Å². The molecule has 0 aromatic rings. The Balaban J connectivity index is 1.89. The molecular formula is C21H51N9. The van der Waals surface area contributed by atoms with Crippen molar-refractivity contribution in [2.24, 2.45) is 29.0 Å². The van der Waals surface area contributed by atoms with Gasteiger partial charge in [-0.05, 0) is 44.2 Å². The average molecular weight is 430 g/mol. The predicted octanol–water partition coefficient (Wildman–Crippen LogP) is -2.47. The zero-order valence-electron chi connectivity index (χ0n) is 19.3. The molecule has 0 aromatic carbocycles. The highest BCUT2D eigenvalue weighted by molar-refractivity contribution is 4.86. The van der Waals surface area contributed by atoms with Crippen molar-refractivity contribution in [3.05, 3.63) is 0 Å². The average Bonchev–Trinajstić information content (AvgIpc) is 3.50. The molecule has 1 fully saturated rings. The van der Waals surface area contributed by atoms with Gasteiger partial charge in [0.1, 0.15) is 0 Å². The van der Waals surface area contributed by atoms with Gasteiger partial charge in [-0.25, -0.2) is 0 Å². The molecule has 0 aromatic heterocycles. The van der Waals surface area contributed by atoms with Gasteiger partial charge in [-0.2, -0.15) is 0 Å². The summed E-state index contributed by atoms with van der Waals surface area (Å²) in [6.45, 7) is 15.3. The number of hydrogen-bond acceptors (Lipinski definition) is 9. The lowest BCUT2D eigenvalue weighted by atomic mass is 10.2. The number of nitrogens with two attached hydrogens (primary N) is 3. The molecule has 30 heavy (non-hydrogen) atoms. The minimum Gasteiger partial charge on any atom is -0.329 e. The Kier molecular flexibility index (Phi) is 18.9. The van der Waals surface area contributed by atoms with Gasteiger partial charge in [0.15, 0.2) is 0 Å². The Bertz CT molecular complexity index is 359. The molecule has 9 heteroatoms. The third kappa shape index (κ3) is 16.3. The van der Waals surface area contributed by atoms with Crippen LogP contribution in [0.2, 0.25) is 0 Å². The Morgan fingerprint density at radius 3 is 1.43 bits per heavy atom.